The molecule has 1 aromatic carbocycles. The van der Waals surface area contributed by atoms with Crippen LogP contribution in [-0.2, 0) is 11.2 Å². The third-order valence-corrected chi connectivity index (χ3v) is 3.65. The Hall–Kier alpha value is -1.69. The van der Waals surface area contributed by atoms with E-state index < -0.39 is 6.61 Å². The first-order valence-corrected chi connectivity index (χ1v) is 7.11. The number of rotatable bonds is 5. The van der Waals surface area contributed by atoms with E-state index in [4.69, 9.17) is 5.73 Å². The average molecular weight is 298 g/mol. The number of carbonyl (C=O) groups excluding carboxylic acids is 1. The Labute approximate surface area is 122 Å². The summed E-state index contributed by atoms with van der Waals surface area (Å²) in [5.74, 6) is 0.0356. The zero-order valence-electron chi connectivity index (χ0n) is 11.7. The fraction of sp³-hybridized carbons (Fsp3) is 0.533. The van der Waals surface area contributed by atoms with Gasteiger partial charge in [0.15, 0.2) is 0 Å². The lowest BCUT2D eigenvalue weighted by Crippen LogP contribution is -2.41. The molecule has 1 fully saturated rings. The van der Waals surface area contributed by atoms with E-state index in [-0.39, 0.29) is 30.2 Å². The van der Waals surface area contributed by atoms with E-state index in [9.17, 15) is 13.6 Å². The van der Waals surface area contributed by atoms with Gasteiger partial charge in [-0.25, -0.2) is 0 Å². The van der Waals surface area contributed by atoms with Crippen molar-refractivity contribution in [3.05, 3.63) is 29.8 Å². The van der Waals surface area contributed by atoms with Gasteiger partial charge in [-0.15, -0.1) is 0 Å². The Kier molecular flexibility index (Phi) is 5.50. The summed E-state index contributed by atoms with van der Waals surface area (Å²) < 4.78 is 28.3. The van der Waals surface area contributed by atoms with Crippen molar-refractivity contribution in [2.24, 2.45) is 5.73 Å². The van der Waals surface area contributed by atoms with Crippen LogP contribution in [0.1, 0.15) is 31.2 Å². The molecule has 0 aliphatic heterocycles. The Morgan fingerprint density at radius 1 is 1.24 bits per heavy atom. The smallest absolute Gasteiger partial charge is 0.387 e. The third-order valence-electron chi connectivity index (χ3n) is 3.65. The van der Waals surface area contributed by atoms with Crippen molar-refractivity contribution in [2.75, 3.05) is 0 Å². The van der Waals surface area contributed by atoms with Crippen molar-refractivity contribution in [2.45, 2.75) is 50.8 Å². The minimum atomic E-state index is -2.84. The lowest BCUT2D eigenvalue weighted by molar-refractivity contribution is -0.121. The summed E-state index contributed by atoms with van der Waals surface area (Å²) in [5.41, 5.74) is 6.59. The second-order valence-corrected chi connectivity index (χ2v) is 5.38. The van der Waals surface area contributed by atoms with Gasteiger partial charge in [-0.1, -0.05) is 12.1 Å². The molecule has 0 radical (unpaired) electrons. The number of hydrogen-bond donors (Lipinski definition) is 2. The Morgan fingerprint density at radius 3 is 2.43 bits per heavy atom. The molecule has 0 saturated heterocycles. The Morgan fingerprint density at radius 2 is 1.86 bits per heavy atom. The molecule has 2 rings (SSSR count). The van der Waals surface area contributed by atoms with E-state index in [1.165, 1.54) is 12.1 Å². The molecule has 6 heteroatoms. The molecule has 116 valence electrons. The molecule has 0 atom stereocenters. The molecule has 0 unspecified atom stereocenters. The molecule has 21 heavy (non-hydrogen) atoms. The maximum absolute atomic E-state index is 12.0. The summed E-state index contributed by atoms with van der Waals surface area (Å²) in [4.78, 5) is 11.9. The summed E-state index contributed by atoms with van der Waals surface area (Å²) >= 11 is 0. The fourth-order valence-electron chi connectivity index (χ4n) is 2.52. The molecule has 1 aliphatic rings. The molecular weight excluding hydrogens is 278 g/mol. The van der Waals surface area contributed by atoms with E-state index in [0.29, 0.717) is 0 Å². The van der Waals surface area contributed by atoms with Gasteiger partial charge in [0, 0.05) is 12.1 Å². The first-order chi connectivity index (χ1) is 10.0. The van der Waals surface area contributed by atoms with Crippen molar-refractivity contribution in [1.82, 2.24) is 5.32 Å². The second-order valence-electron chi connectivity index (χ2n) is 5.38. The lowest BCUT2D eigenvalue weighted by Gasteiger charge is -2.26. The molecule has 1 saturated carbocycles. The molecule has 0 spiro atoms. The number of alkyl halides is 2. The maximum Gasteiger partial charge on any atom is 0.387 e. The summed E-state index contributed by atoms with van der Waals surface area (Å²) in [7, 11) is 0. The molecule has 0 bridgehead atoms. The van der Waals surface area contributed by atoms with E-state index in [1.807, 2.05) is 0 Å². The van der Waals surface area contributed by atoms with Crippen LogP contribution in [0.4, 0.5) is 8.78 Å². The number of benzene rings is 1. The van der Waals surface area contributed by atoms with Gasteiger partial charge in [0.1, 0.15) is 5.75 Å². The number of amides is 1. The third kappa shape index (κ3) is 5.30. The van der Waals surface area contributed by atoms with Gasteiger partial charge in [-0.05, 0) is 43.4 Å². The first kappa shape index (κ1) is 15.7. The van der Waals surface area contributed by atoms with Crippen LogP contribution in [0.2, 0.25) is 0 Å². The van der Waals surface area contributed by atoms with Gasteiger partial charge in [0.25, 0.3) is 0 Å². The quantitative estimate of drug-likeness (QED) is 0.876. The minimum absolute atomic E-state index is 0.0574. The highest BCUT2D eigenvalue weighted by Crippen LogP contribution is 2.18. The van der Waals surface area contributed by atoms with Crippen molar-refractivity contribution in [1.29, 1.82) is 0 Å². The summed E-state index contributed by atoms with van der Waals surface area (Å²) in [6.45, 7) is -2.84. The summed E-state index contributed by atoms with van der Waals surface area (Å²) in [6, 6.07) is 6.56. The molecule has 3 N–H and O–H groups in total. The SMILES string of the molecule is NC1CCC(NC(=O)Cc2ccc(OC(F)F)cc2)CC1. The molecular formula is C15H20F2N2O2. The van der Waals surface area contributed by atoms with Crippen LogP contribution in [-0.4, -0.2) is 24.6 Å². The number of carbonyl (C=O) groups is 1. The van der Waals surface area contributed by atoms with E-state index in [0.717, 1.165) is 31.2 Å². The van der Waals surface area contributed by atoms with E-state index >= 15 is 0 Å². The number of halogens is 2. The van der Waals surface area contributed by atoms with Crippen LogP contribution < -0.4 is 15.8 Å². The van der Waals surface area contributed by atoms with Crippen molar-refractivity contribution in [3.8, 4) is 5.75 Å². The standard InChI is InChI=1S/C15H20F2N2O2/c16-15(17)21-13-7-1-10(2-8-13)9-14(20)19-12-5-3-11(18)4-6-12/h1-2,7-8,11-12,15H,3-6,9,18H2,(H,19,20). The Bertz CT molecular complexity index is 457. The van der Waals surface area contributed by atoms with Gasteiger partial charge in [0.05, 0.1) is 6.42 Å². The highest BCUT2D eigenvalue weighted by atomic mass is 19.3. The number of nitrogens with one attached hydrogen (secondary N) is 1. The molecule has 1 amide bonds. The fourth-order valence-corrected chi connectivity index (χ4v) is 2.52. The van der Waals surface area contributed by atoms with Gasteiger partial charge < -0.3 is 15.8 Å². The predicted octanol–water partition coefficient (Wildman–Crippen LogP) is 2.22. The zero-order chi connectivity index (χ0) is 15.2. The predicted molar refractivity (Wildman–Crippen MR) is 75.2 cm³/mol. The lowest BCUT2D eigenvalue weighted by atomic mass is 9.91. The molecule has 0 heterocycles. The first-order valence-electron chi connectivity index (χ1n) is 7.11. The molecule has 4 nitrogen and oxygen atoms in total. The number of nitrogens with two attached hydrogens (primary N) is 1. The normalized spacial score (nSPS) is 22.1. The van der Waals surface area contributed by atoms with E-state index in [1.54, 1.807) is 12.1 Å². The van der Waals surface area contributed by atoms with Gasteiger partial charge >= 0.3 is 6.61 Å². The highest BCUT2D eigenvalue weighted by Gasteiger charge is 2.19. The van der Waals surface area contributed by atoms with Gasteiger partial charge in [-0.3, -0.25) is 4.79 Å². The van der Waals surface area contributed by atoms with Crippen LogP contribution in [0.25, 0.3) is 0 Å². The maximum atomic E-state index is 12.0. The molecule has 1 aliphatic carbocycles. The summed E-state index contributed by atoms with van der Waals surface area (Å²) in [5, 5.41) is 2.99. The zero-order valence-corrected chi connectivity index (χ0v) is 11.7. The topological polar surface area (TPSA) is 64.3 Å². The van der Waals surface area contributed by atoms with Gasteiger partial charge in [-0.2, -0.15) is 8.78 Å². The van der Waals surface area contributed by atoms with Crippen LogP contribution in [0.3, 0.4) is 0 Å². The summed E-state index contributed by atoms with van der Waals surface area (Å²) in [6.07, 6.45) is 3.93. The minimum Gasteiger partial charge on any atom is -0.435 e. The van der Waals surface area contributed by atoms with Crippen molar-refractivity contribution < 1.29 is 18.3 Å². The average Bonchev–Trinajstić information content (AvgIpc) is 2.43. The van der Waals surface area contributed by atoms with Crippen LogP contribution in [0.5, 0.6) is 5.75 Å². The van der Waals surface area contributed by atoms with Crippen molar-refractivity contribution in [3.63, 3.8) is 0 Å². The van der Waals surface area contributed by atoms with Crippen LogP contribution in [0, 0.1) is 0 Å². The van der Waals surface area contributed by atoms with Crippen LogP contribution in [0.15, 0.2) is 24.3 Å². The van der Waals surface area contributed by atoms with E-state index in [2.05, 4.69) is 10.1 Å². The van der Waals surface area contributed by atoms with Crippen LogP contribution >= 0.6 is 0 Å². The number of hydrogen-bond acceptors (Lipinski definition) is 3. The number of ether oxygens (including phenoxy) is 1. The molecule has 1 aromatic rings. The Balaban J connectivity index is 1.79. The van der Waals surface area contributed by atoms with Gasteiger partial charge in [0.2, 0.25) is 5.91 Å². The monoisotopic (exact) mass is 298 g/mol. The largest absolute Gasteiger partial charge is 0.435 e. The van der Waals surface area contributed by atoms with Crippen molar-refractivity contribution >= 4 is 5.91 Å². The second kappa shape index (κ2) is 7.36. The highest BCUT2D eigenvalue weighted by molar-refractivity contribution is 5.78. The molecule has 0 aromatic heterocycles.